The number of nitrogen functional groups attached to an aromatic ring is 1. The summed E-state index contributed by atoms with van der Waals surface area (Å²) in [6.07, 6.45) is 1.17. The van der Waals surface area contributed by atoms with E-state index < -0.39 is 11.5 Å². The van der Waals surface area contributed by atoms with Gasteiger partial charge in [-0.2, -0.15) is 0 Å². The van der Waals surface area contributed by atoms with Crippen molar-refractivity contribution in [1.82, 2.24) is 0 Å². The molecule has 2 aromatic rings. The number of aryl methyl sites for hydroxylation is 1. The van der Waals surface area contributed by atoms with Crippen LogP contribution >= 0.6 is 0 Å². The maximum absolute atomic E-state index is 12.4. The molecular weight excluding hydrogens is 352 g/mol. The minimum atomic E-state index is -1.25. The van der Waals surface area contributed by atoms with Crippen LogP contribution in [0.4, 0.5) is 11.4 Å². The number of amidine groups is 1. The van der Waals surface area contributed by atoms with Gasteiger partial charge in [0.05, 0.1) is 0 Å². The summed E-state index contributed by atoms with van der Waals surface area (Å²) >= 11 is 0. The Bertz CT molecular complexity index is 846. The minimum absolute atomic E-state index is 0.0210. The van der Waals surface area contributed by atoms with Gasteiger partial charge in [-0.05, 0) is 68.1 Å². The molecular formula is C22H30N4O2. The fourth-order valence-corrected chi connectivity index (χ4v) is 3.28. The Hall–Kier alpha value is -3.02. The molecule has 1 atom stereocenters. The third-order valence-corrected chi connectivity index (χ3v) is 4.87. The first-order valence-corrected chi connectivity index (χ1v) is 9.59. The molecule has 6 nitrogen and oxygen atoms in total. The van der Waals surface area contributed by atoms with Gasteiger partial charge in [-0.15, -0.1) is 0 Å². The zero-order valence-corrected chi connectivity index (χ0v) is 17.0. The van der Waals surface area contributed by atoms with Crippen LogP contribution in [0.2, 0.25) is 0 Å². The molecule has 28 heavy (non-hydrogen) atoms. The lowest BCUT2D eigenvalue weighted by atomic mass is 9.85. The van der Waals surface area contributed by atoms with Crippen molar-refractivity contribution in [2.24, 2.45) is 5.73 Å². The average Bonchev–Trinajstić information content (AvgIpc) is 2.66. The smallest absolute Gasteiger partial charge is 0.334 e. The predicted octanol–water partition coefficient (Wildman–Crippen LogP) is 4.16. The van der Waals surface area contributed by atoms with E-state index in [9.17, 15) is 9.90 Å². The SMILES string of the molecule is CCc1cc(C(CC)(Nc2ccc(C(=N)N)cc2)C(=O)O)ccc1NC(C)C. The predicted molar refractivity (Wildman–Crippen MR) is 115 cm³/mol. The molecule has 2 aromatic carbocycles. The molecule has 0 heterocycles. The molecule has 0 aliphatic heterocycles. The van der Waals surface area contributed by atoms with Gasteiger partial charge in [0.15, 0.2) is 5.54 Å². The molecule has 0 saturated heterocycles. The van der Waals surface area contributed by atoms with Crippen molar-refractivity contribution >= 4 is 23.2 Å². The van der Waals surface area contributed by atoms with Crippen LogP contribution in [0, 0.1) is 5.41 Å². The topological polar surface area (TPSA) is 111 Å². The lowest BCUT2D eigenvalue weighted by Crippen LogP contribution is -2.43. The molecule has 0 bridgehead atoms. The first kappa shape index (κ1) is 21.3. The van der Waals surface area contributed by atoms with E-state index >= 15 is 0 Å². The second kappa shape index (κ2) is 8.78. The number of hydrogen-bond acceptors (Lipinski definition) is 4. The summed E-state index contributed by atoms with van der Waals surface area (Å²) in [5.41, 5.74) is 8.33. The first-order valence-electron chi connectivity index (χ1n) is 9.59. The molecule has 0 aliphatic carbocycles. The van der Waals surface area contributed by atoms with E-state index in [1.165, 1.54) is 0 Å². The van der Waals surface area contributed by atoms with E-state index in [0.717, 1.165) is 17.7 Å². The van der Waals surface area contributed by atoms with E-state index in [4.69, 9.17) is 11.1 Å². The number of anilines is 2. The summed E-state index contributed by atoms with van der Waals surface area (Å²) in [6.45, 7) is 8.07. The molecule has 2 rings (SSSR count). The Kier molecular flexibility index (Phi) is 6.67. The number of carboxylic acid groups (broad SMARTS) is 1. The van der Waals surface area contributed by atoms with Crippen molar-refractivity contribution in [3.05, 3.63) is 59.2 Å². The van der Waals surface area contributed by atoms with Gasteiger partial charge in [0, 0.05) is 23.0 Å². The first-order chi connectivity index (χ1) is 13.2. The number of benzene rings is 2. The molecule has 6 heteroatoms. The number of carbonyl (C=O) groups is 1. The zero-order chi connectivity index (χ0) is 20.9. The van der Waals surface area contributed by atoms with Gasteiger partial charge < -0.3 is 21.5 Å². The van der Waals surface area contributed by atoms with Gasteiger partial charge in [-0.25, -0.2) is 4.79 Å². The van der Waals surface area contributed by atoms with E-state index in [2.05, 4.69) is 31.4 Å². The van der Waals surface area contributed by atoms with Crippen LogP contribution in [0.3, 0.4) is 0 Å². The van der Waals surface area contributed by atoms with Crippen molar-refractivity contribution in [3.63, 3.8) is 0 Å². The maximum atomic E-state index is 12.4. The van der Waals surface area contributed by atoms with Gasteiger partial charge in [-0.1, -0.05) is 26.0 Å². The lowest BCUT2D eigenvalue weighted by molar-refractivity contribution is -0.142. The van der Waals surface area contributed by atoms with E-state index in [1.807, 2.05) is 25.1 Å². The Morgan fingerprint density at radius 1 is 1.18 bits per heavy atom. The summed E-state index contributed by atoms with van der Waals surface area (Å²) in [5, 5.41) is 24.2. The third-order valence-electron chi connectivity index (χ3n) is 4.87. The highest BCUT2D eigenvalue weighted by Crippen LogP contribution is 2.33. The van der Waals surface area contributed by atoms with Gasteiger partial charge in [-0.3, -0.25) is 5.41 Å². The highest BCUT2D eigenvalue weighted by Gasteiger charge is 2.39. The van der Waals surface area contributed by atoms with E-state index in [-0.39, 0.29) is 5.84 Å². The maximum Gasteiger partial charge on any atom is 0.334 e. The number of aliphatic carboxylic acids is 1. The molecule has 0 fully saturated rings. The van der Waals surface area contributed by atoms with Crippen LogP contribution in [0.1, 0.15) is 50.8 Å². The van der Waals surface area contributed by atoms with Crippen LogP contribution in [-0.2, 0) is 16.8 Å². The lowest BCUT2D eigenvalue weighted by Gasteiger charge is -2.32. The summed E-state index contributed by atoms with van der Waals surface area (Å²) < 4.78 is 0. The highest BCUT2D eigenvalue weighted by atomic mass is 16.4. The summed E-state index contributed by atoms with van der Waals surface area (Å²) in [4.78, 5) is 12.4. The quantitative estimate of drug-likeness (QED) is 0.330. The molecule has 150 valence electrons. The summed E-state index contributed by atoms with van der Waals surface area (Å²) in [6, 6.07) is 13.0. The number of carboxylic acids is 1. The zero-order valence-electron chi connectivity index (χ0n) is 17.0. The van der Waals surface area contributed by atoms with Gasteiger partial charge >= 0.3 is 5.97 Å². The van der Waals surface area contributed by atoms with Crippen molar-refractivity contribution < 1.29 is 9.90 Å². The van der Waals surface area contributed by atoms with Crippen LogP contribution in [-0.4, -0.2) is 23.0 Å². The van der Waals surface area contributed by atoms with Gasteiger partial charge in [0.1, 0.15) is 5.84 Å². The highest BCUT2D eigenvalue weighted by molar-refractivity contribution is 5.95. The molecule has 1 unspecified atom stereocenters. The number of nitrogens with two attached hydrogens (primary N) is 1. The monoisotopic (exact) mass is 382 g/mol. The fraction of sp³-hybridized carbons (Fsp3) is 0.364. The number of rotatable bonds is 9. The molecule has 6 N–H and O–H groups in total. The van der Waals surface area contributed by atoms with Crippen LogP contribution in [0.15, 0.2) is 42.5 Å². The summed E-state index contributed by atoms with van der Waals surface area (Å²) in [5.74, 6) is -0.954. The van der Waals surface area contributed by atoms with Crippen molar-refractivity contribution in [2.45, 2.75) is 52.1 Å². The van der Waals surface area contributed by atoms with Crippen LogP contribution in [0.5, 0.6) is 0 Å². The largest absolute Gasteiger partial charge is 0.479 e. The van der Waals surface area contributed by atoms with Crippen LogP contribution < -0.4 is 16.4 Å². The number of nitrogens with one attached hydrogen (secondary N) is 3. The Labute approximate surface area is 166 Å². The molecule has 0 aliphatic rings. The molecule has 0 amide bonds. The molecule has 0 spiro atoms. The standard InChI is InChI=1S/C22H30N4O2/c1-5-15-13-17(9-12-19(15)25-14(3)4)22(6-2,21(27)28)26-18-10-7-16(8-11-18)20(23)24/h7-14,25-26H,5-6H2,1-4H3,(H3,23,24)(H,27,28). The Balaban J connectivity index is 2.47. The second-order valence-corrected chi connectivity index (χ2v) is 7.20. The normalized spacial score (nSPS) is 13.0. The molecule has 0 radical (unpaired) electrons. The molecule has 0 aromatic heterocycles. The van der Waals surface area contributed by atoms with Crippen molar-refractivity contribution in [3.8, 4) is 0 Å². The van der Waals surface area contributed by atoms with Crippen molar-refractivity contribution in [2.75, 3.05) is 10.6 Å². The minimum Gasteiger partial charge on any atom is -0.479 e. The second-order valence-electron chi connectivity index (χ2n) is 7.20. The average molecular weight is 383 g/mol. The van der Waals surface area contributed by atoms with Crippen molar-refractivity contribution in [1.29, 1.82) is 5.41 Å². The van der Waals surface area contributed by atoms with E-state index in [1.54, 1.807) is 24.3 Å². The Morgan fingerprint density at radius 3 is 2.29 bits per heavy atom. The Morgan fingerprint density at radius 2 is 1.82 bits per heavy atom. The molecule has 0 saturated carbocycles. The van der Waals surface area contributed by atoms with Gasteiger partial charge in [0.2, 0.25) is 0 Å². The third kappa shape index (κ3) is 4.44. The van der Waals surface area contributed by atoms with Gasteiger partial charge in [0.25, 0.3) is 0 Å². The summed E-state index contributed by atoms with van der Waals surface area (Å²) in [7, 11) is 0. The van der Waals surface area contributed by atoms with Crippen LogP contribution in [0.25, 0.3) is 0 Å². The number of hydrogen-bond donors (Lipinski definition) is 5. The fourth-order valence-electron chi connectivity index (χ4n) is 3.28. The van der Waals surface area contributed by atoms with E-state index in [0.29, 0.717) is 29.3 Å².